The molecule has 2 aromatic carbocycles. The molecular formula is C19H17N3O2S. The fourth-order valence-electron chi connectivity index (χ4n) is 2.18. The van der Waals surface area contributed by atoms with E-state index in [0.717, 1.165) is 27.6 Å². The number of methoxy groups -OCH3 is 1. The molecule has 1 aromatic heterocycles. The van der Waals surface area contributed by atoms with Crippen molar-refractivity contribution < 1.29 is 9.53 Å². The third kappa shape index (κ3) is 4.12. The van der Waals surface area contributed by atoms with Crippen LogP contribution in [0, 0.1) is 0 Å². The standard InChI is InChI=1S/C19H17N3O2S/c1-24-16-10-8-15(9-11-16)17-13-25-19(21-17)22(20)18(23)12-7-14-5-3-2-4-6-14/h2-13H,20H2,1H3. The highest BCUT2D eigenvalue weighted by Gasteiger charge is 2.14. The van der Waals surface area contributed by atoms with Crippen LogP contribution in [0.15, 0.2) is 66.1 Å². The van der Waals surface area contributed by atoms with Crippen molar-refractivity contribution in [1.29, 1.82) is 0 Å². The number of amides is 1. The van der Waals surface area contributed by atoms with Gasteiger partial charge in [-0.2, -0.15) is 0 Å². The summed E-state index contributed by atoms with van der Waals surface area (Å²) in [6.07, 6.45) is 3.16. The monoisotopic (exact) mass is 351 g/mol. The molecule has 3 aromatic rings. The molecule has 0 saturated heterocycles. The maximum Gasteiger partial charge on any atom is 0.267 e. The second-order valence-electron chi connectivity index (χ2n) is 5.20. The molecule has 0 atom stereocenters. The van der Waals surface area contributed by atoms with E-state index in [1.165, 1.54) is 17.4 Å². The van der Waals surface area contributed by atoms with Gasteiger partial charge in [0.25, 0.3) is 5.91 Å². The van der Waals surface area contributed by atoms with Crippen molar-refractivity contribution in [3.05, 3.63) is 71.6 Å². The fourth-order valence-corrected chi connectivity index (χ4v) is 2.94. The van der Waals surface area contributed by atoms with E-state index in [4.69, 9.17) is 10.6 Å². The maximum atomic E-state index is 12.2. The molecule has 0 unspecified atom stereocenters. The van der Waals surface area contributed by atoms with Crippen LogP contribution in [0.2, 0.25) is 0 Å². The van der Waals surface area contributed by atoms with Gasteiger partial charge in [0, 0.05) is 17.0 Å². The summed E-state index contributed by atoms with van der Waals surface area (Å²) in [5, 5.41) is 3.36. The van der Waals surface area contributed by atoms with E-state index in [0.29, 0.717) is 5.13 Å². The lowest BCUT2D eigenvalue weighted by atomic mass is 10.2. The number of ether oxygens (including phenoxy) is 1. The van der Waals surface area contributed by atoms with Gasteiger partial charge in [-0.3, -0.25) is 4.79 Å². The number of anilines is 1. The zero-order valence-corrected chi connectivity index (χ0v) is 14.4. The van der Waals surface area contributed by atoms with Crippen LogP contribution < -0.4 is 15.6 Å². The quantitative estimate of drug-likeness (QED) is 0.329. The number of rotatable bonds is 5. The van der Waals surface area contributed by atoms with Crippen molar-refractivity contribution in [2.45, 2.75) is 0 Å². The average Bonchev–Trinajstić information content (AvgIpc) is 3.16. The van der Waals surface area contributed by atoms with Gasteiger partial charge in [0.05, 0.1) is 12.8 Å². The average molecular weight is 351 g/mol. The normalized spacial score (nSPS) is 10.8. The molecule has 1 heterocycles. The van der Waals surface area contributed by atoms with Gasteiger partial charge in [0.2, 0.25) is 5.13 Å². The molecule has 0 saturated carbocycles. The van der Waals surface area contributed by atoms with Crippen LogP contribution >= 0.6 is 11.3 Å². The van der Waals surface area contributed by atoms with E-state index in [9.17, 15) is 4.79 Å². The second-order valence-corrected chi connectivity index (χ2v) is 6.03. The Morgan fingerprint density at radius 2 is 1.88 bits per heavy atom. The van der Waals surface area contributed by atoms with Gasteiger partial charge in [0.15, 0.2) is 0 Å². The smallest absolute Gasteiger partial charge is 0.267 e. The third-order valence-electron chi connectivity index (χ3n) is 3.54. The largest absolute Gasteiger partial charge is 0.497 e. The van der Waals surface area contributed by atoms with Crippen molar-refractivity contribution >= 4 is 28.5 Å². The van der Waals surface area contributed by atoms with E-state index in [1.807, 2.05) is 60.0 Å². The number of benzene rings is 2. The summed E-state index contributed by atoms with van der Waals surface area (Å²) >= 11 is 1.32. The van der Waals surface area contributed by atoms with E-state index < -0.39 is 0 Å². The van der Waals surface area contributed by atoms with Crippen LogP contribution in [0.4, 0.5) is 5.13 Å². The predicted octanol–water partition coefficient (Wildman–Crippen LogP) is 3.74. The summed E-state index contributed by atoms with van der Waals surface area (Å²) in [6, 6.07) is 17.1. The zero-order valence-electron chi connectivity index (χ0n) is 13.6. The lowest BCUT2D eigenvalue weighted by Crippen LogP contribution is -2.36. The van der Waals surface area contributed by atoms with Gasteiger partial charge in [-0.15, -0.1) is 11.3 Å². The molecule has 0 aliphatic rings. The number of carbonyl (C=O) groups is 1. The first kappa shape index (κ1) is 16.9. The molecule has 25 heavy (non-hydrogen) atoms. The second kappa shape index (κ2) is 7.74. The fraction of sp³-hybridized carbons (Fsp3) is 0.0526. The topological polar surface area (TPSA) is 68.5 Å². The number of hydrogen-bond donors (Lipinski definition) is 1. The first-order valence-electron chi connectivity index (χ1n) is 7.59. The summed E-state index contributed by atoms with van der Waals surface area (Å²) in [5.41, 5.74) is 2.63. The van der Waals surface area contributed by atoms with Gasteiger partial charge in [-0.05, 0) is 35.9 Å². The molecule has 5 nitrogen and oxygen atoms in total. The van der Waals surface area contributed by atoms with Crippen LogP contribution in [0.1, 0.15) is 5.56 Å². The van der Waals surface area contributed by atoms with Gasteiger partial charge >= 0.3 is 0 Å². The Bertz CT molecular complexity index is 873. The predicted molar refractivity (Wildman–Crippen MR) is 101 cm³/mol. The Morgan fingerprint density at radius 3 is 2.56 bits per heavy atom. The lowest BCUT2D eigenvalue weighted by molar-refractivity contribution is -0.114. The summed E-state index contributed by atoms with van der Waals surface area (Å²) in [5.74, 6) is 6.34. The van der Waals surface area contributed by atoms with Crippen LogP contribution in [0.5, 0.6) is 5.75 Å². The molecule has 0 bridgehead atoms. The zero-order chi connectivity index (χ0) is 17.6. The molecule has 0 radical (unpaired) electrons. The maximum absolute atomic E-state index is 12.2. The van der Waals surface area contributed by atoms with Crippen LogP contribution in [0.3, 0.4) is 0 Å². The summed E-state index contributed by atoms with van der Waals surface area (Å²) in [7, 11) is 1.62. The van der Waals surface area contributed by atoms with Gasteiger partial charge < -0.3 is 4.74 Å². The Balaban J connectivity index is 1.72. The summed E-state index contributed by atoms with van der Waals surface area (Å²) < 4.78 is 5.15. The molecule has 0 fully saturated rings. The molecule has 0 spiro atoms. The minimum atomic E-state index is -0.334. The highest BCUT2D eigenvalue weighted by atomic mass is 32.1. The van der Waals surface area contributed by atoms with Crippen molar-refractivity contribution in [2.75, 3.05) is 12.1 Å². The highest BCUT2D eigenvalue weighted by molar-refractivity contribution is 7.14. The van der Waals surface area contributed by atoms with Gasteiger partial charge in [-0.1, -0.05) is 30.3 Å². The first-order chi connectivity index (χ1) is 12.2. The van der Waals surface area contributed by atoms with E-state index in [2.05, 4.69) is 4.98 Å². The third-order valence-corrected chi connectivity index (χ3v) is 4.38. The SMILES string of the molecule is COc1ccc(-c2csc(N(N)C(=O)C=Cc3ccccc3)n2)cc1. The summed E-state index contributed by atoms with van der Waals surface area (Å²) in [6.45, 7) is 0. The number of carbonyl (C=O) groups excluding carboxylic acids is 1. The number of nitrogens with zero attached hydrogens (tertiary/aromatic N) is 2. The van der Waals surface area contributed by atoms with Crippen LogP contribution in [-0.4, -0.2) is 18.0 Å². The van der Waals surface area contributed by atoms with Crippen molar-refractivity contribution in [3.63, 3.8) is 0 Å². The Labute approximate surface area is 150 Å². The molecule has 6 heteroatoms. The van der Waals surface area contributed by atoms with Crippen molar-refractivity contribution in [3.8, 4) is 17.0 Å². The van der Waals surface area contributed by atoms with Gasteiger partial charge in [0.1, 0.15) is 5.75 Å². The first-order valence-corrected chi connectivity index (χ1v) is 8.47. The molecule has 0 aliphatic carbocycles. The van der Waals surface area contributed by atoms with Gasteiger partial charge in [-0.25, -0.2) is 15.8 Å². The van der Waals surface area contributed by atoms with Crippen LogP contribution in [0.25, 0.3) is 17.3 Å². The van der Waals surface area contributed by atoms with E-state index in [-0.39, 0.29) is 5.91 Å². The van der Waals surface area contributed by atoms with E-state index >= 15 is 0 Å². The lowest BCUT2D eigenvalue weighted by Gasteiger charge is -2.10. The highest BCUT2D eigenvalue weighted by Crippen LogP contribution is 2.27. The Hall–Kier alpha value is -2.96. The Kier molecular flexibility index (Phi) is 5.23. The molecular weight excluding hydrogens is 334 g/mol. The number of nitrogens with two attached hydrogens (primary N) is 1. The minimum Gasteiger partial charge on any atom is -0.497 e. The van der Waals surface area contributed by atoms with E-state index in [1.54, 1.807) is 13.2 Å². The molecule has 2 N–H and O–H groups in total. The van der Waals surface area contributed by atoms with Crippen molar-refractivity contribution in [1.82, 2.24) is 4.98 Å². The molecule has 126 valence electrons. The molecule has 3 rings (SSSR count). The van der Waals surface area contributed by atoms with Crippen molar-refractivity contribution in [2.24, 2.45) is 5.84 Å². The minimum absolute atomic E-state index is 0.334. The molecule has 0 aliphatic heterocycles. The number of hydrogen-bond acceptors (Lipinski definition) is 5. The summed E-state index contributed by atoms with van der Waals surface area (Å²) in [4.78, 5) is 16.6. The number of aromatic nitrogens is 1. The Morgan fingerprint density at radius 1 is 1.16 bits per heavy atom. The number of thiazole rings is 1. The number of hydrazine groups is 1. The molecule has 1 amide bonds. The van der Waals surface area contributed by atoms with Crippen LogP contribution in [-0.2, 0) is 4.79 Å².